The number of carbonyl (C=O) groups excluding carboxylic acids is 3. The second kappa shape index (κ2) is 39.6. The van der Waals surface area contributed by atoms with Gasteiger partial charge in [-0.3, -0.25) is 25.1 Å². The minimum absolute atomic E-state index is 0.0516. The molecule has 126 heavy (non-hydrogen) atoms. The first-order valence-corrected chi connectivity index (χ1v) is 41.9. The Labute approximate surface area is 720 Å². The maximum absolute atomic E-state index is 14.5. The molecule has 35 nitrogen and oxygen atoms in total. The van der Waals surface area contributed by atoms with E-state index in [0.29, 0.717) is 109 Å². The molecule has 6 aromatic carbocycles. The lowest BCUT2D eigenvalue weighted by molar-refractivity contribution is -0.148. The zero-order valence-corrected chi connectivity index (χ0v) is 68.8. The maximum atomic E-state index is 14.5. The van der Waals surface area contributed by atoms with E-state index in [-0.39, 0.29) is 77.6 Å². The summed E-state index contributed by atoms with van der Waals surface area (Å²) in [6.45, 7) is 6.88. The number of aromatic nitrogens is 12. The first kappa shape index (κ1) is 86.1. The Kier molecular flexibility index (Phi) is 27.0. The summed E-state index contributed by atoms with van der Waals surface area (Å²) in [5.74, 6) is -2.52. The molecular formula is C90H93FN18O17. The number of anilines is 3. The quantitative estimate of drug-likeness (QED) is 0.0220. The van der Waals surface area contributed by atoms with Gasteiger partial charge in [-0.15, -0.1) is 0 Å². The maximum Gasteiger partial charge on any atom is 0.336 e. The van der Waals surface area contributed by atoms with Crippen LogP contribution >= 0.6 is 0 Å². The molecule has 5 saturated heterocycles. The number of amides is 6. The highest BCUT2D eigenvalue weighted by Crippen LogP contribution is 2.50. The lowest BCUT2D eigenvalue weighted by atomic mass is 9.94. The molecule has 0 spiro atoms. The lowest BCUT2D eigenvalue weighted by Crippen LogP contribution is -2.29. The number of urea groups is 3. The van der Waals surface area contributed by atoms with Crippen LogP contribution in [0, 0.1) is 11.7 Å². The predicted octanol–water partition coefficient (Wildman–Crippen LogP) is 13.4. The van der Waals surface area contributed by atoms with Crippen LogP contribution in [0.25, 0.3) is 39.6 Å². The van der Waals surface area contributed by atoms with E-state index in [1.54, 1.807) is 52.4 Å². The molecule has 1 saturated carbocycles. The number of hydrogen-bond acceptors (Lipinski definition) is 23. The summed E-state index contributed by atoms with van der Waals surface area (Å²) in [7, 11) is 0. The molecule has 6 aromatic heterocycles. The Bertz CT molecular complexity index is 5890. The van der Waals surface area contributed by atoms with Gasteiger partial charge in [0.05, 0.1) is 60.0 Å². The summed E-state index contributed by atoms with van der Waals surface area (Å²) in [6.07, 6.45) is 13.1. The summed E-state index contributed by atoms with van der Waals surface area (Å²) >= 11 is 0. The number of aryl methyl sites for hydroxylation is 2. The number of nitrogens with one attached hydrogen (secondary N) is 6. The number of rotatable bonds is 28. The van der Waals surface area contributed by atoms with Crippen molar-refractivity contribution in [1.82, 2.24) is 74.5 Å². The second-order valence-electron chi connectivity index (χ2n) is 30.7. The number of nitrogens with zero attached hydrogens (tertiary/aromatic N) is 12. The predicted molar refractivity (Wildman–Crippen MR) is 455 cm³/mol. The molecule has 9 N–H and O–H groups in total. The van der Waals surface area contributed by atoms with Gasteiger partial charge in [0, 0.05) is 36.3 Å². The standard InChI is InChI=1S/C32H34N6O5.C29H29FN6O6.C29H30N6O6/c1-2-33-32(41)37-29-26-30(35-18-34-29)38(19-36-26)24-17-22(13-8-12-21-11-6-7-14-23(21)31(39)40)27-28(24)43-25(42-27)16-15-20-9-4-3-5-10-20;1-2-31-29(39)35-24-21-25(33-14-32-24)36(15-34-21)26-23-22(41-28(42-23)16-8-4-3-5-9-16)20(40-26)13-7-10-17-18(27(37)38)11-6-12-19(17)30;1-2-30-29(38)34-24-21-25(32-15-31-24)35(16-33-21)26-23-22(40-28(41-23)18-10-4-3-5-11-18)20(39-26)14-8-12-17-9-6-7-13-19(17)27(36)37/h3-7,9-11,14-16,18-19,22,24-25,27-28H,2,8,12-13,17H2,1H3,(H,39,40)(H2,33,34,35,37,41);3-6,8-9,11-12,14-15,20,22-23,26,28H,2,7,10,13H2,1H3,(H,37,38)(H2,31,32,33,35,39);3-7,9-11,13,15-16,20,22-23,26,28H,2,8,12,14H2,1H3,(H,36,37)(H2,30,31,32,34,38)/b16-15+;;/t22?,24?,25-,27?,28?;2*20?,22?,23?,26?,28-/m000/s1. The number of carboxylic acid groups (broad SMARTS) is 3. The minimum Gasteiger partial charge on any atom is -0.478 e. The normalized spacial score (nSPS) is 23.2. The van der Waals surface area contributed by atoms with Crippen LogP contribution in [0.15, 0.2) is 202 Å². The molecule has 0 bridgehead atoms. The first-order valence-electron chi connectivity index (χ1n) is 41.9. The minimum atomic E-state index is -1.17. The van der Waals surface area contributed by atoms with Crippen molar-refractivity contribution in [3.8, 4) is 0 Å². The summed E-state index contributed by atoms with van der Waals surface area (Å²) < 4.78 is 71.7. The Morgan fingerprint density at radius 2 is 0.825 bits per heavy atom. The molecule has 15 atom stereocenters. The van der Waals surface area contributed by atoms with Crippen LogP contribution in [0.2, 0.25) is 0 Å². The molecule has 0 radical (unpaired) electrons. The van der Waals surface area contributed by atoms with Crippen molar-refractivity contribution in [2.24, 2.45) is 5.92 Å². The summed E-state index contributed by atoms with van der Waals surface area (Å²) in [6, 6.07) is 46.3. The van der Waals surface area contributed by atoms with E-state index in [9.17, 15) is 48.5 Å². The number of fused-ring (bicyclic) bond motifs is 6. The van der Waals surface area contributed by atoms with E-state index >= 15 is 0 Å². The summed E-state index contributed by atoms with van der Waals surface area (Å²) in [5.41, 5.74) is 8.01. The molecule has 6 amide bonds. The van der Waals surface area contributed by atoms with Crippen molar-refractivity contribution in [2.45, 2.75) is 171 Å². The van der Waals surface area contributed by atoms with Crippen LogP contribution in [-0.2, 0) is 57.2 Å². The molecule has 652 valence electrons. The van der Waals surface area contributed by atoms with Crippen molar-refractivity contribution in [2.75, 3.05) is 35.6 Å². The van der Waals surface area contributed by atoms with Gasteiger partial charge in [-0.05, 0) is 138 Å². The van der Waals surface area contributed by atoms with Gasteiger partial charge in [-0.2, -0.15) is 0 Å². The van der Waals surface area contributed by atoms with E-state index in [1.807, 2.05) is 153 Å². The Balaban J connectivity index is 0.000000139. The number of carboxylic acids is 3. The molecule has 18 rings (SSSR count). The Hall–Kier alpha value is -13.5. The van der Waals surface area contributed by atoms with Gasteiger partial charge < -0.3 is 73.7 Å². The van der Waals surface area contributed by atoms with Crippen molar-refractivity contribution in [3.05, 3.63) is 258 Å². The largest absolute Gasteiger partial charge is 0.478 e. The number of aromatic carboxylic acids is 3. The average molecular weight is 1720 g/mol. The van der Waals surface area contributed by atoms with Crippen molar-refractivity contribution in [3.63, 3.8) is 0 Å². The van der Waals surface area contributed by atoms with Crippen LogP contribution in [0.1, 0.15) is 161 Å². The third-order valence-corrected chi connectivity index (χ3v) is 22.8. The van der Waals surface area contributed by atoms with E-state index in [1.165, 1.54) is 37.2 Å². The van der Waals surface area contributed by atoms with Crippen molar-refractivity contribution in [1.29, 1.82) is 0 Å². The van der Waals surface area contributed by atoms with Gasteiger partial charge in [0.15, 0.2) is 82.3 Å². The topological polar surface area (TPSA) is 440 Å². The third-order valence-electron chi connectivity index (χ3n) is 22.8. The molecule has 5 aliphatic heterocycles. The number of carbonyl (C=O) groups is 6. The van der Waals surface area contributed by atoms with Crippen LogP contribution in [0.5, 0.6) is 0 Å². The fourth-order valence-corrected chi connectivity index (χ4v) is 17.1. The fraction of sp³-hybridized carbons (Fsp3) is 0.344. The monoisotopic (exact) mass is 1720 g/mol. The first-order chi connectivity index (χ1) is 61.5. The summed E-state index contributed by atoms with van der Waals surface area (Å²) in [4.78, 5) is 111. The lowest BCUT2D eigenvalue weighted by Gasteiger charge is -2.21. The van der Waals surface area contributed by atoms with Gasteiger partial charge in [0.1, 0.15) is 55.3 Å². The zero-order valence-electron chi connectivity index (χ0n) is 68.8. The summed E-state index contributed by atoms with van der Waals surface area (Å²) in [5, 5.41) is 44.9. The molecule has 36 heteroatoms. The molecule has 1 aliphatic carbocycles. The van der Waals surface area contributed by atoms with Crippen molar-refractivity contribution < 1.29 is 86.4 Å². The van der Waals surface area contributed by atoms with E-state index < -0.39 is 85.5 Å². The van der Waals surface area contributed by atoms with E-state index in [0.717, 1.165) is 47.1 Å². The van der Waals surface area contributed by atoms with Crippen LogP contribution in [0.4, 0.5) is 36.2 Å². The van der Waals surface area contributed by atoms with Gasteiger partial charge in [-0.1, -0.05) is 140 Å². The molecular weight excluding hydrogens is 1620 g/mol. The van der Waals surface area contributed by atoms with Crippen LogP contribution < -0.4 is 31.9 Å². The number of halogens is 1. The number of ether oxygens (including phenoxy) is 8. The van der Waals surface area contributed by atoms with Gasteiger partial charge in [0.2, 0.25) is 0 Å². The number of benzene rings is 6. The van der Waals surface area contributed by atoms with E-state index in [4.69, 9.17) is 37.9 Å². The number of hydrogen-bond donors (Lipinski definition) is 9. The molecule has 6 aliphatic rings. The van der Waals surface area contributed by atoms with Gasteiger partial charge >= 0.3 is 36.0 Å². The molecule has 12 unspecified atom stereocenters. The highest BCUT2D eigenvalue weighted by molar-refractivity contribution is 5.98. The fourth-order valence-electron chi connectivity index (χ4n) is 17.1. The molecule has 6 fully saturated rings. The van der Waals surface area contributed by atoms with Gasteiger partial charge in [0.25, 0.3) is 0 Å². The Morgan fingerprint density at radius 3 is 1.29 bits per heavy atom. The molecule has 12 aromatic rings. The van der Waals surface area contributed by atoms with Crippen LogP contribution in [0.3, 0.4) is 0 Å². The molecule has 11 heterocycles. The van der Waals surface area contributed by atoms with Gasteiger partial charge in [-0.25, -0.2) is 78.0 Å². The van der Waals surface area contributed by atoms with Crippen LogP contribution in [-0.4, -0.2) is 185 Å². The zero-order chi connectivity index (χ0) is 87.3. The van der Waals surface area contributed by atoms with E-state index in [2.05, 4.69) is 76.8 Å². The van der Waals surface area contributed by atoms with Crippen molar-refractivity contribution >= 4 is 93.0 Å². The highest BCUT2D eigenvalue weighted by Gasteiger charge is 2.56. The smallest absolute Gasteiger partial charge is 0.336 e. The Morgan fingerprint density at radius 1 is 0.421 bits per heavy atom. The highest BCUT2D eigenvalue weighted by atomic mass is 19.1. The third kappa shape index (κ3) is 19.1. The number of imidazole rings is 3. The average Bonchev–Trinajstić information content (AvgIpc) is 1.60. The second-order valence-corrected chi connectivity index (χ2v) is 30.7. The SMILES string of the molecule is CCNC(=O)Nc1ncnc2c1ncn2C1CC(CCCc2ccccc2C(=O)O)C2O[C@H](/C=C/c3ccccc3)OC21.CCNC(=O)Nc1ncnc2c1ncn2C1OC(CCCc2c(F)cccc2C(=O)O)C2O[C@H](c3ccccc3)OC21.CCNC(=O)Nc1ncnc2c1ncn2C1OC(CCCc2ccccc2C(=O)O)C2O[C@H](c3ccccc3)OC21.